The molecule has 1 rings (SSSR count). The predicted molar refractivity (Wildman–Crippen MR) is 74.3 cm³/mol. The molecule has 0 amide bonds. The van der Waals surface area contributed by atoms with Crippen molar-refractivity contribution < 1.29 is 0 Å². The number of hydrogen-bond acceptors (Lipinski definition) is 0. The van der Waals surface area contributed by atoms with Crippen LogP contribution in [0.3, 0.4) is 0 Å². The van der Waals surface area contributed by atoms with E-state index in [0.717, 1.165) is 12.0 Å². The van der Waals surface area contributed by atoms with Crippen LogP contribution in [0, 0.1) is 0 Å². The van der Waals surface area contributed by atoms with E-state index in [4.69, 9.17) is 46.4 Å². The van der Waals surface area contributed by atoms with Crippen molar-refractivity contribution in [3.63, 3.8) is 0 Å². The van der Waals surface area contributed by atoms with Crippen molar-refractivity contribution in [3.8, 4) is 0 Å². The summed E-state index contributed by atoms with van der Waals surface area (Å²) in [6.45, 7) is 4.01. The summed E-state index contributed by atoms with van der Waals surface area (Å²) in [4.78, 5) is 0. The van der Waals surface area contributed by atoms with E-state index in [1.807, 2.05) is 19.9 Å². The lowest BCUT2D eigenvalue weighted by atomic mass is 9.97. The van der Waals surface area contributed by atoms with Crippen LogP contribution >= 0.6 is 46.4 Å². The van der Waals surface area contributed by atoms with Crippen LogP contribution < -0.4 is 0 Å². The van der Waals surface area contributed by atoms with Gasteiger partial charge in [-0.15, -0.1) is 0 Å². The Morgan fingerprint density at radius 3 is 2.06 bits per heavy atom. The van der Waals surface area contributed by atoms with Crippen LogP contribution in [-0.4, -0.2) is 0 Å². The molecule has 0 saturated heterocycles. The van der Waals surface area contributed by atoms with Crippen LogP contribution in [0.15, 0.2) is 18.2 Å². The third kappa shape index (κ3) is 3.07. The van der Waals surface area contributed by atoms with Crippen molar-refractivity contribution in [2.45, 2.75) is 26.2 Å². The van der Waals surface area contributed by atoms with E-state index >= 15 is 0 Å². The average molecular weight is 298 g/mol. The summed E-state index contributed by atoms with van der Waals surface area (Å²) in [7, 11) is 0. The fourth-order valence-corrected chi connectivity index (χ4v) is 2.68. The quantitative estimate of drug-likeness (QED) is 0.449. The summed E-state index contributed by atoms with van der Waals surface area (Å²) >= 11 is 24.2. The first-order valence-electron chi connectivity index (χ1n) is 4.93. The summed E-state index contributed by atoms with van der Waals surface area (Å²) in [5.74, 6) is 0.187. The van der Waals surface area contributed by atoms with Crippen LogP contribution in [0.25, 0.3) is 0 Å². The molecule has 0 N–H and O–H groups in total. The molecule has 0 fully saturated rings. The van der Waals surface area contributed by atoms with Gasteiger partial charge in [0.05, 0.1) is 20.1 Å². The molecule has 0 aliphatic carbocycles. The Labute approximate surface area is 116 Å². The Kier molecular flexibility index (Phi) is 5.46. The van der Waals surface area contributed by atoms with Crippen LogP contribution in [0.4, 0.5) is 0 Å². The van der Waals surface area contributed by atoms with E-state index in [1.165, 1.54) is 0 Å². The van der Waals surface area contributed by atoms with E-state index in [-0.39, 0.29) is 5.92 Å². The monoisotopic (exact) mass is 296 g/mol. The highest BCUT2D eigenvalue weighted by Crippen LogP contribution is 2.41. The minimum Gasteiger partial charge on any atom is -0.0916 e. The minimum atomic E-state index is 0.187. The number of halogens is 4. The molecular formula is C12H12Cl4. The van der Waals surface area contributed by atoms with Crippen LogP contribution in [0.1, 0.15) is 31.7 Å². The van der Waals surface area contributed by atoms with Crippen molar-refractivity contribution in [2.24, 2.45) is 0 Å². The van der Waals surface area contributed by atoms with Crippen molar-refractivity contribution >= 4 is 46.4 Å². The highest BCUT2D eigenvalue weighted by atomic mass is 35.5. The molecule has 0 radical (unpaired) electrons. The molecule has 0 saturated carbocycles. The molecule has 1 atom stereocenters. The summed E-state index contributed by atoms with van der Waals surface area (Å²) in [6.07, 6.45) is 4.91. The lowest BCUT2D eigenvalue weighted by Gasteiger charge is -2.15. The van der Waals surface area contributed by atoms with Gasteiger partial charge in [-0.2, -0.15) is 0 Å². The molecule has 0 heterocycles. The second-order valence-corrected chi connectivity index (χ2v) is 5.16. The Bertz CT molecular complexity index is 384. The maximum absolute atomic E-state index is 6.15. The van der Waals surface area contributed by atoms with Gasteiger partial charge in [0.15, 0.2) is 0 Å². The van der Waals surface area contributed by atoms with E-state index in [2.05, 4.69) is 6.08 Å². The molecule has 0 nitrogen and oxygen atoms in total. The predicted octanol–water partition coefficient (Wildman–Crippen LogP) is 6.37. The van der Waals surface area contributed by atoms with Crippen molar-refractivity contribution in [2.75, 3.05) is 0 Å². The largest absolute Gasteiger partial charge is 0.0916 e. The Hall–Kier alpha value is 0.120. The number of rotatable bonds is 3. The third-order valence-electron chi connectivity index (χ3n) is 2.36. The van der Waals surface area contributed by atoms with Gasteiger partial charge in [0.25, 0.3) is 0 Å². The number of allylic oxidation sites excluding steroid dienone is 2. The van der Waals surface area contributed by atoms with Gasteiger partial charge in [0.2, 0.25) is 0 Å². The molecule has 16 heavy (non-hydrogen) atoms. The SMILES string of the molecule is C/C=C\CC(C)c1c(Cl)c(Cl)cc(Cl)c1Cl. The highest BCUT2D eigenvalue weighted by molar-refractivity contribution is 6.48. The summed E-state index contributed by atoms with van der Waals surface area (Å²) in [5.41, 5.74) is 0.818. The lowest BCUT2D eigenvalue weighted by molar-refractivity contribution is 0.780. The molecule has 88 valence electrons. The first-order valence-corrected chi connectivity index (χ1v) is 6.44. The molecule has 1 unspecified atom stereocenters. The second-order valence-electron chi connectivity index (χ2n) is 3.59. The van der Waals surface area contributed by atoms with Gasteiger partial charge in [-0.05, 0) is 30.9 Å². The van der Waals surface area contributed by atoms with Gasteiger partial charge >= 0.3 is 0 Å². The standard InChI is InChI=1S/C12H12Cl4/c1-3-4-5-7(2)10-11(15)8(13)6-9(14)12(10)16/h3-4,6-7H,5H2,1-2H3/b4-3-. The zero-order valence-electron chi connectivity index (χ0n) is 9.03. The van der Waals surface area contributed by atoms with Crippen molar-refractivity contribution in [1.82, 2.24) is 0 Å². The van der Waals surface area contributed by atoms with Gasteiger partial charge in [-0.3, -0.25) is 0 Å². The minimum absolute atomic E-state index is 0.187. The van der Waals surface area contributed by atoms with E-state index < -0.39 is 0 Å². The normalized spacial score (nSPS) is 13.4. The van der Waals surface area contributed by atoms with Gasteiger partial charge in [-0.1, -0.05) is 65.5 Å². The van der Waals surface area contributed by atoms with Gasteiger partial charge in [0, 0.05) is 0 Å². The third-order valence-corrected chi connectivity index (χ3v) is 3.97. The molecule has 0 aromatic heterocycles. The summed E-state index contributed by atoms with van der Waals surface area (Å²) in [5, 5.41) is 1.87. The highest BCUT2D eigenvalue weighted by Gasteiger charge is 2.18. The summed E-state index contributed by atoms with van der Waals surface area (Å²) < 4.78 is 0. The molecule has 1 aromatic rings. The number of benzene rings is 1. The Morgan fingerprint density at radius 2 is 1.62 bits per heavy atom. The van der Waals surface area contributed by atoms with Crippen molar-refractivity contribution in [3.05, 3.63) is 43.9 Å². The molecule has 0 bridgehead atoms. The van der Waals surface area contributed by atoms with Gasteiger partial charge < -0.3 is 0 Å². The zero-order chi connectivity index (χ0) is 12.3. The van der Waals surface area contributed by atoms with Crippen LogP contribution in [-0.2, 0) is 0 Å². The Morgan fingerprint density at radius 1 is 1.12 bits per heavy atom. The molecule has 0 spiro atoms. The number of hydrogen-bond donors (Lipinski definition) is 0. The fourth-order valence-electron chi connectivity index (χ4n) is 1.48. The van der Waals surface area contributed by atoms with E-state index in [0.29, 0.717) is 20.1 Å². The second kappa shape index (κ2) is 6.16. The lowest BCUT2D eigenvalue weighted by Crippen LogP contribution is -1.96. The molecule has 1 aromatic carbocycles. The molecule has 0 aliphatic rings. The zero-order valence-corrected chi connectivity index (χ0v) is 12.1. The average Bonchev–Trinajstić information content (AvgIpc) is 2.24. The molecular weight excluding hydrogens is 286 g/mol. The maximum Gasteiger partial charge on any atom is 0.0643 e. The van der Waals surface area contributed by atoms with Crippen LogP contribution in [0.2, 0.25) is 20.1 Å². The first-order chi connectivity index (χ1) is 7.49. The summed E-state index contributed by atoms with van der Waals surface area (Å²) in [6, 6.07) is 1.57. The van der Waals surface area contributed by atoms with Crippen LogP contribution in [0.5, 0.6) is 0 Å². The van der Waals surface area contributed by atoms with E-state index in [1.54, 1.807) is 6.07 Å². The topological polar surface area (TPSA) is 0 Å². The van der Waals surface area contributed by atoms with E-state index in [9.17, 15) is 0 Å². The Balaban J connectivity index is 3.20. The maximum atomic E-state index is 6.15. The van der Waals surface area contributed by atoms with Crippen molar-refractivity contribution in [1.29, 1.82) is 0 Å². The molecule has 4 heteroatoms. The van der Waals surface area contributed by atoms with Gasteiger partial charge in [-0.25, -0.2) is 0 Å². The molecule has 0 aliphatic heterocycles. The smallest absolute Gasteiger partial charge is 0.0643 e. The first kappa shape index (κ1) is 14.2. The van der Waals surface area contributed by atoms with Gasteiger partial charge in [0.1, 0.15) is 0 Å². The fraction of sp³-hybridized carbons (Fsp3) is 0.333.